The van der Waals surface area contributed by atoms with E-state index >= 15 is 0 Å². The lowest BCUT2D eigenvalue weighted by molar-refractivity contribution is -0.137. The van der Waals surface area contributed by atoms with Crippen LogP contribution in [0.5, 0.6) is 0 Å². The predicted octanol–water partition coefficient (Wildman–Crippen LogP) is 2.43. The van der Waals surface area contributed by atoms with Crippen LogP contribution in [0.2, 0.25) is 0 Å². The summed E-state index contributed by atoms with van der Waals surface area (Å²) in [7, 11) is 0. The number of hydrogen-bond acceptors (Lipinski definition) is 3. The fourth-order valence-electron chi connectivity index (χ4n) is 2.70. The molecule has 1 amide bonds. The maximum atomic E-state index is 12.8. The topological polar surface area (TPSA) is 41.6 Å². The first-order valence-corrected chi connectivity index (χ1v) is 8.23. The van der Waals surface area contributed by atoms with Crippen molar-refractivity contribution in [3.63, 3.8) is 0 Å². The van der Waals surface area contributed by atoms with Crippen LogP contribution in [0.3, 0.4) is 0 Å². The zero-order valence-electron chi connectivity index (χ0n) is 13.7. The molecule has 20 heavy (non-hydrogen) atoms. The highest BCUT2D eigenvalue weighted by Gasteiger charge is 2.36. The number of unbranched alkanes of at least 4 members (excludes halogenated alkanes) is 2. The van der Waals surface area contributed by atoms with E-state index in [0.717, 1.165) is 25.9 Å². The molecule has 4 nitrogen and oxygen atoms in total. The van der Waals surface area contributed by atoms with Crippen LogP contribution >= 0.6 is 0 Å². The molecule has 0 aromatic rings. The molecule has 4 heteroatoms. The molecule has 0 bridgehead atoms. The molecular formula is C16H32N2O2. The first kappa shape index (κ1) is 17.4. The van der Waals surface area contributed by atoms with E-state index in [9.17, 15) is 4.79 Å². The maximum absolute atomic E-state index is 12.8. The number of hydrogen-bond donors (Lipinski definition) is 1. The van der Waals surface area contributed by atoms with Gasteiger partial charge in [-0.1, -0.05) is 26.7 Å². The van der Waals surface area contributed by atoms with E-state index < -0.39 is 0 Å². The second-order valence-corrected chi connectivity index (χ2v) is 6.04. The molecule has 1 aliphatic heterocycles. The summed E-state index contributed by atoms with van der Waals surface area (Å²) in [5.41, 5.74) is 0. The van der Waals surface area contributed by atoms with Crippen LogP contribution in [0, 0.1) is 5.92 Å². The number of carbonyl (C=O) groups excluding carboxylic acids is 1. The molecule has 1 aliphatic rings. The lowest BCUT2D eigenvalue weighted by Gasteiger charge is -2.31. The van der Waals surface area contributed by atoms with Gasteiger partial charge < -0.3 is 15.0 Å². The Labute approximate surface area is 124 Å². The van der Waals surface area contributed by atoms with Crippen LogP contribution in [0.1, 0.15) is 53.4 Å². The summed E-state index contributed by atoms with van der Waals surface area (Å²) in [5.74, 6) is 0.257. The van der Waals surface area contributed by atoms with E-state index in [4.69, 9.17) is 4.74 Å². The monoisotopic (exact) mass is 284 g/mol. The fraction of sp³-hybridized carbons (Fsp3) is 0.938. The Bertz CT molecular complexity index is 278. The Balaban J connectivity index is 2.58. The van der Waals surface area contributed by atoms with E-state index in [1.807, 2.05) is 4.90 Å². The zero-order valence-corrected chi connectivity index (χ0v) is 13.7. The van der Waals surface area contributed by atoms with Crippen molar-refractivity contribution in [2.24, 2.45) is 5.92 Å². The molecule has 1 fully saturated rings. The van der Waals surface area contributed by atoms with E-state index in [1.54, 1.807) is 0 Å². The smallest absolute Gasteiger partial charge is 0.229 e. The van der Waals surface area contributed by atoms with Gasteiger partial charge in [0.25, 0.3) is 0 Å². The lowest BCUT2D eigenvalue weighted by atomic mass is 10.0. The molecule has 0 radical (unpaired) electrons. The summed E-state index contributed by atoms with van der Waals surface area (Å²) < 4.78 is 5.53. The minimum absolute atomic E-state index is 0.00873. The highest BCUT2D eigenvalue weighted by Crippen LogP contribution is 2.19. The van der Waals surface area contributed by atoms with E-state index in [-0.39, 0.29) is 23.9 Å². The molecule has 0 aliphatic carbocycles. The van der Waals surface area contributed by atoms with Crippen molar-refractivity contribution in [1.29, 1.82) is 0 Å². The van der Waals surface area contributed by atoms with Crippen LogP contribution in [-0.2, 0) is 9.53 Å². The average molecular weight is 284 g/mol. The predicted molar refractivity (Wildman–Crippen MR) is 82.8 cm³/mol. The molecule has 1 N–H and O–H groups in total. The van der Waals surface area contributed by atoms with Crippen LogP contribution in [0.4, 0.5) is 0 Å². The Hall–Kier alpha value is -0.610. The highest BCUT2D eigenvalue weighted by atomic mass is 16.5. The third-order valence-electron chi connectivity index (χ3n) is 3.96. The number of carbonyl (C=O) groups is 1. The summed E-state index contributed by atoms with van der Waals surface area (Å²) in [6.45, 7) is 11.6. The first-order valence-electron chi connectivity index (χ1n) is 8.23. The standard InChI is InChI=1S/C16H32N2O2/c1-5-7-8-10-18(13(3)4)16(19)14-11-20-12-15(14)17-9-6-2/h13-15,17H,5-12H2,1-4H3. The molecule has 0 aromatic carbocycles. The summed E-state index contributed by atoms with van der Waals surface area (Å²) in [6.07, 6.45) is 4.56. The van der Waals surface area contributed by atoms with Crippen molar-refractivity contribution in [2.75, 3.05) is 26.3 Å². The second-order valence-electron chi connectivity index (χ2n) is 6.04. The van der Waals surface area contributed by atoms with Gasteiger partial charge >= 0.3 is 0 Å². The van der Waals surface area contributed by atoms with Gasteiger partial charge in [-0.2, -0.15) is 0 Å². The van der Waals surface area contributed by atoms with Gasteiger partial charge in [0.05, 0.1) is 19.1 Å². The van der Waals surface area contributed by atoms with Crippen molar-refractivity contribution in [3.05, 3.63) is 0 Å². The van der Waals surface area contributed by atoms with E-state index in [1.165, 1.54) is 12.8 Å². The molecule has 0 saturated carbocycles. The Morgan fingerprint density at radius 1 is 1.25 bits per heavy atom. The molecule has 1 heterocycles. The van der Waals surface area contributed by atoms with Gasteiger partial charge in [0.2, 0.25) is 5.91 Å². The quantitative estimate of drug-likeness (QED) is 0.661. The Morgan fingerprint density at radius 3 is 2.60 bits per heavy atom. The van der Waals surface area contributed by atoms with E-state index in [0.29, 0.717) is 13.2 Å². The van der Waals surface area contributed by atoms with Gasteiger partial charge in [-0.3, -0.25) is 4.79 Å². The van der Waals surface area contributed by atoms with Crippen LogP contribution < -0.4 is 5.32 Å². The van der Waals surface area contributed by atoms with Crippen molar-refractivity contribution < 1.29 is 9.53 Å². The number of nitrogens with one attached hydrogen (secondary N) is 1. The van der Waals surface area contributed by atoms with Crippen LogP contribution in [-0.4, -0.2) is 49.2 Å². The van der Waals surface area contributed by atoms with Gasteiger partial charge in [0.1, 0.15) is 0 Å². The van der Waals surface area contributed by atoms with Gasteiger partial charge in [0.15, 0.2) is 0 Å². The minimum atomic E-state index is -0.00873. The van der Waals surface area contributed by atoms with Crippen LogP contribution in [0.25, 0.3) is 0 Å². The summed E-state index contributed by atoms with van der Waals surface area (Å²) in [6, 6.07) is 0.460. The zero-order chi connectivity index (χ0) is 15.0. The molecule has 0 aromatic heterocycles. The number of rotatable bonds is 9. The maximum Gasteiger partial charge on any atom is 0.229 e. The van der Waals surface area contributed by atoms with Crippen molar-refractivity contribution >= 4 is 5.91 Å². The number of nitrogens with zero attached hydrogens (tertiary/aromatic N) is 1. The van der Waals surface area contributed by atoms with Gasteiger partial charge in [-0.25, -0.2) is 0 Å². The molecule has 2 unspecified atom stereocenters. The van der Waals surface area contributed by atoms with Gasteiger partial charge in [0, 0.05) is 18.6 Å². The molecule has 2 atom stereocenters. The normalized spacial score (nSPS) is 22.4. The third kappa shape index (κ3) is 5.06. The summed E-state index contributed by atoms with van der Waals surface area (Å²) >= 11 is 0. The summed E-state index contributed by atoms with van der Waals surface area (Å²) in [5, 5.41) is 3.45. The van der Waals surface area contributed by atoms with Crippen molar-refractivity contribution in [3.8, 4) is 0 Å². The van der Waals surface area contributed by atoms with Crippen molar-refractivity contribution in [2.45, 2.75) is 65.5 Å². The Morgan fingerprint density at radius 2 is 2.00 bits per heavy atom. The molecule has 1 saturated heterocycles. The van der Waals surface area contributed by atoms with Gasteiger partial charge in [-0.15, -0.1) is 0 Å². The minimum Gasteiger partial charge on any atom is -0.379 e. The van der Waals surface area contributed by atoms with Crippen molar-refractivity contribution in [1.82, 2.24) is 10.2 Å². The number of ether oxygens (including phenoxy) is 1. The summed E-state index contributed by atoms with van der Waals surface area (Å²) in [4.78, 5) is 14.8. The van der Waals surface area contributed by atoms with Crippen LogP contribution in [0.15, 0.2) is 0 Å². The first-order chi connectivity index (χ1) is 9.61. The molecule has 0 spiro atoms. The SMILES string of the molecule is CCCCCN(C(=O)C1COCC1NCCC)C(C)C. The lowest BCUT2D eigenvalue weighted by Crippen LogP contribution is -2.48. The van der Waals surface area contributed by atoms with Gasteiger partial charge in [-0.05, 0) is 33.2 Å². The highest BCUT2D eigenvalue weighted by molar-refractivity contribution is 5.80. The molecule has 1 rings (SSSR count). The average Bonchev–Trinajstić information content (AvgIpc) is 2.88. The molecular weight excluding hydrogens is 252 g/mol. The van der Waals surface area contributed by atoms with E-state index in [2.05, 4.69) is 33.0 Å². The molecule has 118 valence electrons. The Kier molecular flexibility index (Phi) is 8.15. The second kappa shape index (κ2) is 9.35. The number of amides is 1. The third-order valence-corrected chi connectivity index (χ3v) is 3.96. The largest absolute Gasteiger partial charge is 0.379 e. The fourth-order valence-corrected chi connectivity index (χ4v) is 2.70.